The minimum atomic E-state index is -0.395. The van der Waals surface area contributed by atoms with Crippen LogP contribution in [0.1, 0.15) is 155 Å². The molecule has 0 saturated carbocycles. The lowest BCUT2D eigenvalue weighted by atomic mass is 9.77. The van der Waals surface area contributed by atoms with Crippen LogP contribution in [0.5, 0.6) is 0 Å². The first-order valence-corrected chi connectivity index (χ1v) is 27.2. The van der Waals surface area contributed by atoms with E-state index >= 15 is 0 Å². The standard InChI is InChI=1S/C64H73N3O6/c1-9-11-13-21-34-66-52-27-19-17-25-48(52)63(5,6)54(66)39-46-58(68)56(59(46)69)42-29-31-50-44(37-42)45-38-43(30-32-51(45)65(50)33-23-15-16-24-36-73-62(72)41(3)4)57-60(70)47(61(57)71)40-55-64(7,8)49-26-18-20-28-53(49)67(55)35-22-14-12-10-2/h17-20,25-32,37-41H,9-16,21-24,33-36H2,1-8H3. The van der Waals surface area contributed by atoms with E-state index < -0.39 is 10.8 Å². The highest BCUT2D eigenvalue weighted by Crippen LogP contribution is 2.46. The molecule has 0 atom stereocenters. The maximum absolute atomic E-state index is 14.3. The number of hydrogen-bond donors (Lipinski definition) is 0. The van der Waals surface area contributed by atoms with Crippen LogP contribution in [0.4, 0.5) is 11.4 Å². The number of fused-ring (bicyclic) bond motifs is 5. The summed E-state index contributed by atoms with van der Waals surface area (Å²) in [5.74, 6) is -1.37. The second kappa shape index (κ2) is 21.1. The molecule has 0 radical (unpaired) electrons. The van der Waals surface area contributed by atoms with Crippen LogP contribution in [0.25, 0.3) is 33.0 Å². The Balaban J connectivity index is 1.07. The fraction of sp³-hybridized carbons (Fsp3) is 0.422. The van der Waals surface area contributed by atoms with Gasteiger partial charge >= 0.3 is 5.97 Å². The molecule has 0 fully saturated rings. The van der Waals surface area contributed by atoms with Gasteiger partial charge in [-0.2, -0.15) is 9.15 Å². The maximum atomic E-state index is 14.3. The number of ether oxygens (including phenoxy) is 1. The number of hydrogen-bond acceptors (Lipinski definition) is 6. The lowest BCUT2D eigenvalue weighted by molar-refractivity contribution is -0.438. The molecule has 2 aliphatic heterocycles. The topological polar surface area (TPSA) is 118 Å². The number of allylic oxidation sites excluding steroid dienone is 6. The number of para-hydroxylation sites is 2. The van der Waals surface area contributed by atoms with Crippen LogP contribution in [0.2, 0.25) is 0 Å². The van der Waals surface area contributed by atoms with Crippen molar-refractivity contribution in [1.29, 1.82) is 0 Å². The van der Waals surface area contributed by atoms with Gasteiger partial charge in [-0.05, 0) is 95.2 Å². The van der Waals surface area contributed by atoms with E-state index in [1.807, 2.05) is 62.4 Å². The summed E-state index contributed by atoms with van der Waals surface area (Å²) >= 11 is 0. The molecule has 0 amide bonds. The van der Waals surface area contributed by atoms with Crippen LogP contribution >= 0.6 is 0 Å². The quantitative estimate of drug-likeness (QED) is 0.0295. The lowest BCUT2D eigenvalue weighted by Crippen LogP contribution is -2.33. The predicted molar refractivity (Wildman–Crippen MR) is 291 cm³/mol. The smallest absolute Gasteiger partial charge is 0.308 e. The van der Waals surface area contributed by atoms with E-state index in [0.717, 1.165) is 135 Å². The van der Waals surface area contributed by atoms with Crippen molar-refractivity contribution in [3.05, 3.63) is 142 Å². The molecule has 0 spiro atoms. The SMILES string of the molecule is CCCCCC[N+]1=C(/C=C2/C(=O)C(c3ccc4c(c3)c3cc(C5=C([O-])/C(=C\C6=[N+](CCCCCC)c7ccccc7C6(C)C)C5=O)ccc3n4CCCCCCOC(=O)C(C)C)=C2[O-])C(C)(C)c2ccccc21. The van der Waals surface area contributed by atoms with Crippen LogP contribution in [0.3, 0.4) is 0 Å². The molecule has 3 heterocycles. The molecule has 0 bridgehead atoms. The van der Waals surface area contributed by atoms with E-state index in [2.05, 4.69) is 104 Å². The van der Waals surface area contributed by atoms with Gasteiger partial charge in [-0.1, -0.05) is 120 Å². The summed E-state index contributed by atoms with van der Waals surface area (Å²) < 4.78 is 12.3. The van der Waals surface area contributed by atoms with Gasteiger partial charge in [0, 0.05) is 98.9 Å². The average molecular weight is 980 g/mol. The van der Waals surface area contributed by atoms with Crippen molar-refractivity contribution in [2.75, 3.05) is 19.7 Å². The highest BCUT2D eigenvalue weighted by molar-refractivity contribution is 6.41. The summed E-state index contributed by atoms with van der Waals surface area (Å²) in [6.45, 7) is 19.5. The minimum absolute atomic E-state index is 0.151. The van der Waals surface area contributed by atoms with Crippen LogP contribution < -0.4 is 10.2 Å². The monoisotopic (exact) mass is 980 g/mol. The second-order valence-electron chi connectivity index (χ2n) is 22.0. The van der Waals surface area contributed by atoms with E-state index in [4.69, 9.17) is 4.74 Å². The molecule has 0 N–H and O–H groups in total. The number of carbonyl (C=O) groups is 3. The average Bonchev–Trinajstić information content (AvgIpc) is 3.89. The number of aryl methyl sites for hydroxylation is 1. The number of nitrogens with zero attached hydrogens (tertiary/aromatic N) is 3. The Hall–Kier alpha value is -6.61. The summed E-state index contributed by atoms with van der Waals surface area (Å²) in [7, 11) is 0. The van der Waals surface area contributed by atoms with Gasteiger partial charge in [-0.3, -0.25) is 14.4 Å². The summed E-state index contributed by atoms with van der Waals surface area (Å²) in [5, 5.41) is 30.3. The van der Waals surface area contributed by atoms with Gasteiger partial charge in [0.05, 0.1) is 23.4 Å². The first kappa shape index (κ1) is 51.3. The summed E-state index contributed by atoms with van der Waals surface area (Å²) in [5.41, 5.74) is 9.53. The third-order valence-corrected chi connectivity index (χ3v) is 16.0. The fourth-order valence-electron chi connectivity index (χ4n) is 11.7. The number of unbranched alkanes of at least 4 members (excludes halogenated alkanes) is 9. The van der Waals surface area contributed by atoms with E-state index in [-0.39, 0.29) is 57.3 Å². The van der Waals surface area contributed by atoms with Gasteiger partial charge in [0.15, 0.2) is 23.0 Å². The van der Waals surface area contributed by atoms with Crippen molar-refractivity contribution >= 4 is 73.3 Å². The molecule has 5 aromatic rings. The molecule has 0 unspecified atom stereocenters. The number of carbonyl (C=O) groups excluding carboxylic acids is 3. The van der Waals surface area contributed by atoms with E-state index in [1.165, 1.54) is 11.1 Å². The Kier molecular flexibility index (Phi) is 14.8. The number of ketones is 2. The highest BCUT2D eigenvalue weighted by Gasteiger charge is 2.47. The Morgan fingerprint density at radius 2 is 1.04 bits per heavy atom. The van der Waals surface area contributed by atoms with E-state index in [0.29, 0.717) is 24.3 Å². The van der Waals surface area contributed by atoms with Crippen molar-refractivity contribution in [1.82, 2.24) is 4.57 Å². The molecule has 4 aliphatic rings. The number of benzene rings is 4. The molecule has 0 saturated heterocycles. The molecule has 2 aliphatic carbocycles. The van der Waals surface area contributed by atoms with Gasteiger partial charge in [-0.25, -0.2) is 0 Å². The third-order valence-electron chi connectivity index (χ3n) is 16.0. The summed E-state index contributed by atoms with van der Waals surface area (Å²) in [6, 6.07) is 28.4. The van der Waals surface area contributed by atoms with Crippen molar-refractivity contribution in [3.63, 3.8) is 0 Å². The lowest BCUT2D eigenvalue weighted by Gasteiger charge is -2.31. The summed E-state index contributed by atoms with van der Waals surface area (Å²) in [4.78, 5) is 40.6. The van der Waals surface area contributed by atoms with Crippen LogP contribution in [0.15, 0.2) is 120 Å². The summed E-state index contributed by atoms with van der Waals surface area (Å²) in [6.07, 6.45) is 16.0. The van der Waals surface area contributed by atoms with Crippen LogP contribution in [-0.2, 0) is 36.5 Å². The molecule has 9 rings (SSSR count). The Morgan fingerprint density at radius 1 is 0.603 bits per heavy atom. The van der Waals surface area contributed by atoms with Crippen LogP contribution in [-0.4, -0.2) is 62.4 Å². The number of aromatic nitrogens is 1. The van der Waals surface area contributed by atoms with E-state index in [1.54, 1.807) is 0 Å². The van der Waals surface area contributed by atoms with Gasteiger partial charge in [0.25, 0.3) is 0 Å². The fourth-order valence-corrected chi connectivity index (χ4v) is 11.7. The molecular formula is C64H73N3O6. The number of Topliss-reactive ketones (excluding diaryl/α,β-unsaturated/α-hetero) is 2. The molecule has 9 heteroatoms. The van der Waals surface area contributed by atoms with Gasteiger partial charge in [0.2, 0.25) is 11.4 Å². The molecule has 73 heavy (non-hydrogen) atoms. The van der Waals surface area contributed by atoms with Crippen molar-refractivity contribution < 1.29 is 38.5 Å². The normalized spacial score (nSPS) is 18.0. The highest BCUT2D eigenvalue weighted by atomic mass is 16.5. The minimum Gasteiger partial charge on any atom is -0.871 e. The Bertz CT molecular complexity index is 3040. The van der Waals surface area contributed by atoms with Crippen molar-refractivity contribution in [2.24, 2.45) is 5.92 Å². The molecule has 1 aromatic heterocycles. The third kappa shape index (κ3) is 9.38. The van der Waals surface area contributed by atoms with Crippen LogP contribution in [0, 0.1) is 5.92 Å². The van der Waals surface area contributed by atoms with Gasteiger partial charge < -0.3 is 19.5 Å². The van der Waals surface area contributed by atoms with E-state index in [9.17, 15) is 24.6 Å². The first-order valence-electron chi connectivity index (χ1n) is 27.2. The molecule has 380 valence electrons. The number of esters is 1. The predicted octanol–water partition coefficient (Wildman–Crippen LogP) is 12.0. The molecular weight excluding hydrogens is 907 g/mol. The molecule has 4 aromatic carbocycles. The zero-order valence-electron chi connectivity index (χ0n) is 44.4. The van der Waals surface area contributed by atoms with Gasteiger partial charge in [0.1, 0.15) is 13.1 Å². The van der Waals surface area contributed by atoms with Gasteiger partial charge in [-0.15, -0.1) is 0 Å². The largest absolute Gasteiger partial charge is 0.871 e. The second-order valence-corrected chi connectivity index (χ2v) is 22.0. The first-order chi connectivity index (χ1) is 35.1. The number of rotatable bonds is 22. The molecule has 9 nitrogen and oxygen atoms in total. The van der Waals surface area contributed by atoms with Crippen molar-refractivity contribution in [2.45, 2.75) is 150 Å². The maximum Gasteiger partial charge on any atom is 0.308 e. The van der Waals surface area contributed by atoms with Crippen molar-refractivity contribution in [3.8, 4) is 0 Å². The Labute approximate surface area is 432 Å². The zero-order valence-corrected chi connectivity index (χ0v) is 44.4. The zero-order chi connectivity index (χ0) is 51.8. The Morgan fingerprint density at radius 3 is 1.48 bits per heavy atom.